The van der Waals surface area contributed by atoms with Gasteiger partial charge in [-0.3, -0.25) is 4.79 Å². The molecule has 1 aliphatic rings. The number of carbonyl (C=O) groups excluding carboxylic acids is 1. The van der Waals surface area contributed by atoms with Crippen LogP contribution in [-0.4, -0.2) is 23.1 Å². The molecule has 0 radical (unpaired) electrons. The largest absolute Gasteiger partial charge is 0.507 e. The standard InChI is InChI=1S/C12H15FN2O2/c13-8-2-3-9(10(16)6-8)11(17)15-7-12(14)4-1-5-12/h2-3,6,16H,1,4-5,7,14H2,(H,15,17). The van der Waals surface area contributed by atoms with Crippen LogP contribution in [0, 0.1) is 5.82 Å². The van der Waals surface area contributed by atoms with E-state index < -0.39 is 11.7 Å². The van der Waals surface area contributed by atoms with E-state index in [-0.39, 0.29) is 16.9 Å². The van der Waals surface area contributed by atoms with Crippen molar-refractivity contribution in [2.75, 3.05) is 6.54 Å². The normalized spacial score (nSPS) is 17.3. The van der Waals surface area contributed by atoms with E-state index in [9.17, 15) is 14.3 Å². The van der Waals surface area contributed by atoms with Crippen molar-refractivity contribution in [2.24, 2.45) is 5.73 Å². The molecule has 0 bridgehead atoms. The maximum absolute atomic E-state index is 12.7. The minimum Gasteiger partial charge on any atom is -0.507 e. The van der Waals surface area contributed by atoms with Crippen molar-refractivity contribution in [2.45, 2.75) is 24.8 Å². The molecule has 1 fully saturated rings. The van der Waals surface area contributed by atoms with E-state index in [1.165, 1.54) is 6.07 Å². The number of nitrogens with one attached hydrogen (secondary N) is 1. The molecule has 17 heavy (non-hydrogen) atoms. The Bertz CT molecular complexity index is 444. The number of rotatable bonds is 3. The topological polar surface area (TPSA) is 75.3 Å². The first kappa shape index (κ1) is 11.9. The molecule has 0 aliphatic heterocycles. The summed E-state index contributed by atoms with van der Waals surface area (Å²) in [5.41, 5.74) is 5.70. The summed E-state index contributed by atoms with van der Waals surface area (Å²) in [7, 11) is 0. The Morgan fingerprint density at radius 2 is 2.24 bits per heavy atom. The fourth-order valence-electron chi connectivity index (χ4n) is 1.86. The predicted octanol–water partition coefficient (Wildman–Crippen LogP) is 1.14. The van der Waals surface area contributed by atoms with Crippen LogP contribution in [0.25, 0.3) is 0 Å². The van der Waals surface area contributed by atoms with Gasteiger partial charge in [-0.05, 0) is 31.4 Å². The Morgan fingerprint density at radius 1 is 1.53 bits per heavy atom. The van der Waals surface area contributed by atoms with Gasteiger partial charge in [-0.2, -0.15) is 0 Å². The lowest BCUT2D eigenvalue weighted by Gasteiger charge is -2.38. The summed E-state index contributed by atoms with van der Waals surface area (Å²) in [6.07, 6.45) is 2.86. The van der Waals surface area contributed by atoms with Crippen LogP contribution in [-0.2, 0) is 0 Å². The smallest absolute Gasteiger partial charge is 0.255 e. The summed E-state index contributed by atoms with van der Waals surface area (Å²) in [6, 6.07) is 3.30. The Labute approximate surface area is 98.6 Å². The molecule has 92 valence electrons. The SMILES string of the molecule is NC1(CNC(=O)c2ccc(F)cc2O)CCC1. The first-order valence-corrected chi connectivity index (χ1v) is 5.56. The summed E-state index contributed by atoms with van der Waals surface area (Å²) in [5, 5.41) is 12.1. The minimum absolute atomic E-state index is 0.0642. The van der Waals surface area contributed by atoms with E-state index in [0.29, 0.717) is 6.54 Å². The molecule has 1 aromatic carbocycles. The molecule has 0 spiro atoms. The Hall–Kier alpha value is -1.62. The molecular formula is C12H15FN2O2. The van der Waals surface area contributed by atoms with Gasteiger partial charge in [0, 0.05) is 18.2 Å². The van der Waals surface area contributed by atoms with E-state index in [2.05, 4.69) is 5.32 Å². The van der Waals surface area contributed by atoms with Crippen LogP contribution in [0.3, 0.4) is 0 Å². The number of carbonyl (C=O) groups is 1. The number of aromatic hydroxyl groups is 1. The van der Waals surface area contributed by atoms with Gasteiger partial charge in [-0.1, -0.05) is 0 Å². The maximum atomic E-state index is 12.7. The molecule has 0 saturated heterocycles. The lowest BCUT2D eigenvalue weighted by molar-refractivity contribution is 0.0927. The lowest BCUT2D eigenvalue weighted by atomic mass is 9.78. The summed E-state index contributed by atoms with van der Waals surface area (Å²) < 4.78 is 12.7. The molecule has 0 aromatic heterocycles. The van der Waals surface area contributed by atoms with Crippen molar-refractivity contribution in [3.8, 4) is 5.75 Å². The van der Waals surface area contributed by atoms with Crippen molar-refractivity contribution in [3.05, 3.63) is 29.6 Å². The summed E-state index contributed by atoms with van der Waals surface area (Å²) in [5.74, 6) is -1.37. The number of amides is 1. The molecule has 0 unspecified atom stereocenters. The van der Waals surface area contributed by atoms with E-state index in [0.717, 1.165) is 31.4 Å². The molecule has 0 atom stereocenters. The van der Waals surface area contributed by atoms with Gasteiger partial charge >= 0.3 is 0 Å². The number of nitrogens with two attached hydrogens (primary N) is 1. The van der Waals surface area contributed by atoms with Crippen LogP contribution in [0.4, 0.5) is 4.39 Å². The third-order valence-corrected chi connectivity index (χ3v) is 3.15. The second-order valence-electron chi connectivity index (χ2n) is 4.56. The fourth-order valence-corrected chi connectivity index (χ4v) is 1.86. The third kappa shape index (κ3) is 2.55. The quantitative estimate of drug-likeness (QED) is 0.739. The van der Waals surface area contributed by atoms with Gasteiger partial charge in [-0.25, -0.2) is 4.39 Å². The first-order valence-electron chi connectivity index (χ1n) is 5.56. The van der Waals surface area contributed by atoms with Crippen LogP contribution < -0.4 is 11.1 Å². The van der Waals surface area contributed by atoms with Crippen LogP contribution in [0.2, 0.25) is 0 Å². The number of phenols is 1. The molecule has 5 heteroatoms. The van der Waals surface area contributed by atoms with Crippen LogP contribution in [0.15, 0.2) is 18.2 Å². The predicted molar refractivity (Wildman–Crippen MR) is 61.2 cm³/mol. The molecule has 4 nitrogen and oxygen atoms in total. The Balaban J connectivity index is 1.99. The van der Waals surface area contributed by atoms with Crippen LogP contribution >= 0.6 is 0 Å². The molecule has 4 N–H and O–H groups in total. The van der Waals surface area contributed by atoms with Crippen molar-refractivity contribution >= 4 is 5.91 Å². The second-order valence-corrected chi connectivity index (χ2v) is 4.56. The molecule has 1 amide bonds. The van der Waals surface area contributed by atoms with Crippen molar-refractivity contribution in [1.82, 2.24) is 5.32 Å². The van der Waals surface area contributed by atoms with Gasteiger partial charge < -0.3 is 16.2 Å². The monoisotopic (exact) mass is 238 g/mol. The summed E-state index contributed by atoms with van der Waals surface area (Å²) in [4.78, 5) is 11.7. The van der Waals surface area contributed by atoms with Crippen LogP contribution in [0.5, 0.6) is 5.75 Å². The second kappa shape index (κ2) is 4.33. The molecule has 0 heterocycles. The fraction of sp³-hybridized carbons (Fsp3) is 0.417. The van der Waals surface area contributed by atoms with Gasteiger partial charge in [0.05, 0.1) is 5.56 Å². The highest BCUT2D eigenvalue weighted by atomic mass is 19.1. The Kier molecular flexibility index (Phi) is 3.02. The average molecular weight is 238 g/mol. The zero-order chi connectivity index (χ0) is 12.5. The van der Waals surface area contributed by atoms with E-state index in [1.807, 2.05) is 0 Å². The molecule has 2 rings (SSSR count). The number of hydrogen-bond acceptors (Lipinski definition) is 3. The zero-order valence-electron chi connectivity index (χ0n) is 9.37. The number of benzene rings is 1. The van der Waals surface area contributed by atoms with Crippen molar-refractivity contribution < 1.29 is 14.3 Å². The molecule has 1 saturated carbocycles. The highest BCUT2D eigenvalue weighted by molar-refractivity contribution is 5.96. The average Bonchev–Trinajstić information content (AvgIpc) is 2.23. The lowest BCUT2D eigenvalue weighted by Crippen LogP contribution is -2.54. The molecular weight excluding hydrogens is 223 g/mol. The first-order chi connectivity index (χ1) is 8.00. The minimum atomic E-state index is -0.576. The van der Waals surface area contributed by atoms with E-state index >= 15 is 0 Å². The van der Waals surface area contributed by atoms with Crippen molar-refractivity contribution in [1.29, 1.82) is 0 Å². The van der Waals surface area contributed by atoms with Gasteiger partial charge in [-0.15, -0.1) is 0 Å². The van der Waals surface area contributed by atoms with Gasteiger partial charge in [0.25, 0.3) is 5.91 Å². The highest BCUT2D eigenvalue weighted by Gasteiger charge is 2.32. The van der Waals surface area contributed by atoms with Crippen molar-refractivity contribution in [3.63, 3.8) is 0 Å². The maximum Gasteiger partial charge on any atom is 0.255 e. The van der Waals surface area contributed by atoms with Gasteiger partial charge in [0.15, 0.2) is 0 Å². The number of phenolic OH excluding ortho intramolecular Hbond substituents is 1. The number of halogens is 1. The molecule has 1 aromatic rings. The summed E-state index contributed by atoms with van der Waals surface area (Å²) in [6.45, 7) is 0.378. The molecule has 1 aliphatic carbocycles. The van der Waals surface area contributed by atoms with E-state index in [4.69, 9.17) is 5.73 Å². The summed E-state index contributed by atoms with van der Waals surface area (Å²) >= 11 is 0. The number of hydrogen-bond donors (Lipinski definition) is 3. The third-order valence-electron chi connectivity index (χ3n) is 3.15. The highest BCUT2D eigenvalue weighted by Crippen LogP contribution is 2.28. The van der Waals surface area contributed by atoms with E-state index in [1.54, 1.807) is 0 Å². The van der Waals surface area contributed by atoms with Crippen LogP contribution in [0.1, 0.15) is 29.6 Å². The Morgan fingerprint density at radius 3 is 2.76 bits per heavy atom. The van der Waals surface area contributed by atoms with Gasteiger partial charge in [0.1, 0.15) is 11.6 Å². The van der Waals surface area contributed by atoms with Gasteiger partial charge in [0.2, 0.25) is 0 Å². The zero-order valence-corrected chi connectivity index (χ0v) is 9.37.